The van der Waals surface area contributed by atoms with Crippen LogP contribution in [0.4, 0.5) is 17.1 Å². The minimum atomic E-state index is -0.525. The van der Waals surface area contributed by atoms with Gasteiger partial charge in [0.15, 0.2) is 0 Å². The monoisotopic (exact) mass is 267 g/mol. The van der Waals surface area contributed by atoms with Gasteiger partial charge in [-0.05, 0) is 19.9 Å². The van der Waals surface area contributed by atoms with Crippen LogP contribution in [0.25, 0.3) is 0 Å². The Morgan fingerprint density at radius 1 is 1.42 bits per heavy atom. The first-order chi connectivity index (χ1) is 8.97. The van der Waals surface area contributed by atoms with E-state index < -0.39 is 11.0 Å². The number of hydrogen-bond donors (Lipinski definition) is 4. The lowest BCUT2D eigenvalue weighted by Gasteiger charge is -2.15. The number of hydrogen-bond acceptors (Lipinski definition) is 6. The molecule has 1 unspecified atom stereocenters. The van der Waals surface area contributed by atoms with Gasteiger partial charge in [0.25, 0.3) is 5.69 Å². The van der Waals surface area contributed by atoms with Crippen LogP contribution in [0.15, 0.2) is 18.2 Å². The van der Waals surface area contributed by atoms with Crippen molar-refractivity contribution in [2.75, 3.05) is 17.3 Å². The maximum Gasteiger partial charge on any atom is 0.273 e. The highest BCUT2D eigenvalue weighted by molar-refractivity contribution is 5.84. The molecule has 0 spiro atoms. The van der Waals surface area contributed by atoms with E-state index >= 15 is 0 Å². The number of non-ortho nitro benzene ring substituents is 1. The first-order valence-corrected chi connectivity index (χ1v) is 5.78. The number of nitrogens with zero attached hydrogens (tertiary/aromatic N) is 1. The van der Waals surface area contributed by atoms with Gasteiger partial charge in [-0.3, -0.25) is 20.8 Å². The molecule has 0 saturated carbocycles. The summed E-state index contributed by atoms with van der Waals surface area (Å²) in [5, 5.41) is 16.3. The molecule has 1 amide bonds. The fourth-order valence-electron chi connectivity index (χ4n) is 1.53. The second-order valence-electron chi connectivity index (χ2n) is 3.93. The summed E-state index contributed by atoms with van der Waals surface area (Å²) in [5.74, 6) is 5.06. The van der Waals surface area contributed by atoms with E-state index in [1.54, 1.807) is 13.0 Å². The highest BCUT2D eigenvalue weighted by Crippen LogP contribution is 2.24. The lowest BCUT2D eigenvalue weighted by molar-refractivity contribution is -0.384. The Kier molecular flexibility index (Phi) is 5.07. The van der Waals surface area contributed by atoms with Gasteiger partial charge in [0, 0.05) is 24.4 Å². The highest BCUT2D eigenvalue weighted by atomic mass is 16.6. The third-order valence-electron chi connectivity index (χ3n) is 2.42. The topological polar surface area (TPSA) is 122 Å². The molecule has 5 N–H and O–H groups in total. The minimum Gasteiger partial charge on any atom is -0.374 e. The van der Waals surface area contributed by atoms with Crippen molar-refractivity contribution in [3.05, 3.63) is 28.3 Å². The molecule has 19 heavy (non-hydrogen) atoms. The van der Waals surface area contributed by atoms with E-state index in [0.29, 0.717) is 17.9 Å². The molecule has 0 radical (unpaired) electrons. The van der Waals surface area contributed by atoms with Crippen LogP contribution >= 0.6 is 0 Å². The van der Waals surface area contributed by atoms with E-state index in [2.05, 4.69) is 16.1 Å². The van der Waals surface area contributed by atoms with E-state index in [4.69, 9.17) is 5.84 Å². The van der Waals surface area contributed by atoms with Crippen LogP contribution in [-0.4, -0.2) is 23.4 Å². The molecule has 0 saturated heterocycles. The van der Waals surface area contributed by atoms with Gasteiger partial charge in [0.05, 0.1) is 10.6 Å². The van der Waals surface area contributed by atoms with Crippen LogP contribution in [-0.2, 0) is 4.79 Å². The molecule has 0 aliphatic carbocycles. The minimum absolute atomic E-state index is 0.110. The maximum atomic E-state index is 11.6. The summed E-state index contributed by atoms with van der Waals surface area (Å²) in [6.45, 7) is 4.00. The second-order valence-corrected chi connectivity index (χ2v) is 3.93. The Morgan fingerprint density at radius 3 is 2.58 bits per heavy atom. The first kappa shape index (κ1) is 14.7. The third-order valence-corrected chi connectivity index (χ3v) is 2.42. The zero-order valence-corrected chi connectivity index (χ0v) is 10.8. The molecular weight excluding hydrogens is 250 g/mol. The number of nitrogens with two attached hydrogens (primary N) is 1. The zero-order chi connectivity index (χ0) is 14.4. The number of nitro benzene ring substituents is 1. The molecule has 104 valence electrons. The van der Waals surface area contributed by atoms with E-state index in [0.717, 1.165) is 0 Å². The van der Waals surface area contributed by atoms with Crippen LogP contribution in [0.2, 0.25) is 0 Å². The Morgan fingerprint density at radius 2 is 2.05 bits per heavy atom. The largest absolute Gasteiger partial charge is 0.374 e. The van der Waals surface area contributed by atoms with Crippen molar-refractivity contribution in [1.29, 1.82) is 0 Å². The number of rotatable bonds is 6. The van der Waals surface area contributed by atoms with E-state index in [-0.39, 0.29) is 11.6 Å². The summed E-state index contributed by atoms with van der Waals surface area (Å²) in [4.78, 5) is 21.8. The molecule has 8 nitrogen and oxygen atoms in total. The number of carbonyl (C=O) groups excluding carboxylic acids is 1. The van der Waals surface area contributed by atoms with Crippen molar-refractivity contribution in [2.24, 2.45) is 5.84 Å². The number of anilines is 2. The molecule has 0 aromatic heterocycles. The van der Waals surface area contributed by atoms with E-state index in [9.17, 15) is 14.9 Å². The quantitative estimate of drug-likeness (QED) is 0.344. The average molecular weight is 267 g/mol. The van der Waals surface area contributed by atoms with Gasteiger partial charge in [-0.1, -0.05) is 0 Å². The lowest BCUT2D eigenvalue weighted by Crippen LogP contribution is -2.37. The number of amides is 1. The Bertz CT molecular complexity index is 477. The second kappa shape index (κ2) is 6.55. The maximum absolute atomic E-state index is 11.6. The van der Waals surface area contributed by atoms with Crippen molar-refractivity contribution >= 4 is 23.0 Å². The van der Waals surface area contributed by atoms with Gasteiger partial charge in [-0.25, -0.2) is 0 Å². The van der Waals surface area contributed by atoms with Crippen LogP contribution in [0.5, 0.6) is 0 Å². The number of hydrazine groups is 1. The number of benzene rings is 1. The van der Waals surface area contributed by atoms with E-state index in [1.807, 2.05) is 6.92 Å². The number of likely N-dealkylation sites (N-methyl/N-ethyl adjacent to an activating group) is 1. The Hall–Kier alpha value is -2.35. The van der Waals surface area contributed by atoms with Gasteiger partial charge >= 0.3 is 0 Å². The predicted molar refractivity (Wildman–Crippen MR) is 72.7 cm³/mol. The van der Waals surface area contributed by atoms with Crippen molar-refractivity contribution in [2.45, 2.75) is 19.9 Å². The summed E-state index contributed by atoms with van der Waals surface area (Å²) in [6, 6.07) is 3.73. The molecule has 1 aromatic rings. The van der Waals surface area contributed by atoms with Crippen molar-refractivity contribution in [1.82, 2.24) is 5.32 Å². The number of nitrogens with one attached hydrogen (secondary N) is 3. The third kappa shape index (κ3) is 4.11. The SMILES string of the molecule is CCNC(=O)C(C)Nc1cc(NN)cc([N+](=O)[O-])c1. The van der Waals surface area contributed by atoms with Crippen LogP contribution in [0.1, 0.15) is 13.8 Å². The molecule has 1 atom stereocenters. The Labute approximate surface area is 110 Å². The molecule has 0 heterocycles. The van der Waals surface area contributed by atoms with Gasteiger partial charge in [-0.2, -0.15) is 0 Å². The lowest BCUT2D eigenvalue weighted by atomic mass is 10.2. The number of carbonyl (C=O) groups is 1. The number of nitrogen functional groups attached to an aromatic ring is 1. The van der Waals surface area contributed by atoms with Gasteiger partial charge in [0.1, 0.15) is 6.04 Å². The predicted octanol–water partition coefficient (Wildman–Crippen LogP) is 0.817. The normalized spacial score (nSPS) is 11.5. The average Bonchev–Trinajstić information content (AvgIpc) is 2.38. The standard InChI is InChI=1S/C11H17N5O3/c1-3-13-11(17)7(2)14-8-4-9(15-12)6-10(5-8)16(18)19/h4-7,14-15H,3,12H2,1-2H3,(H,13,17). The van der Waals surface area contributed by atoms with Gasteiger partial charge in [0.2, 0.25) is 5.91 Å². The molecule has 8 heteroatoms. The van der Waals surface area contributed by atoms with Gasteiger partial charge in [-0.15, -0.1) is 0 Å². The van der Waals surface area contributed by atoms with Crippen LogP contribution in [0, 0.1) is 10.1 Å². The molecule has 0 bridgehead atoms. The number of nitro groups is 1. The smallest absolute Gasteiger partial charge is 0.273 e. The molecular formula is C11H17N5O3. The van der Waals surface area contributed by atoms with Gasteiger partial charge < -0.3 is 16.1 Å². The molecule has 0 aliphatic heterocycles. The first-order valence-electron chi connectivity index (χ1n) is 5.78. The van der Waals surface area contributed by atoms with E-state index in [1.165, 1.54) is 12.1 Å². The molecule has 0 aliphatic rings. The van der Waals surface area contributed by atoms with Crippen LogP contribution < -0.4 is 21.9 Å². The molecule has 0 fully saturated rings. The van der Waals surface area contributed by atoms with Crippen molar-refractivity contribution in [3.8, 4) is 0 Å². The summed E-state index contributed by atoms with van der Waals surface area (Å²) in [7, 11) is 0. The summed E-state index contributed by atoms with van der Waals surface area (Å²) in [6.07, 6.45) is 0. The fraction of sp³-hybridized carbons (Fsp3) is 0.364. The molecule has 1 aromatic carbocycles. The Balaban J connectivity index is 2.91. The summed E-state index contributed by atoms with van der Waals surface area (Å²) >= 11 is 0. The summed E-state index contributed by atoms with van der Waals surface area (Å²) < 4.78 is 0. The van der Waals surface area contributed by atoms with Crippen LogP contribution in [0.3, 0.4) is 0 Å². The fourth-order valence-corrected chi connectivity index (χ4v) is 1.53. The van der Waals surface area contributed by atoms with Crippen molar-refractivity contribution < 1.29 is 9.72 Å². The zero-order valence-electron chi connectivity index (χ0n) is 10.8. The summed E-state index contributed by atoms with van der Waals surface area (Å²) in [5.41, 5.74) is 3.07. The highest BCUT2D eigenvalue weighted by Gasteiger charge is 2.14. The van der Waals surface area contributed by atoms with Crippen molar-refractivity contribution in [3.63, 3.8) is 0 Å². The molecule has 1 rings (SSSR count).